The van der Waals surface area contributed by atoms with Crippen LogP contribution in [0.25, 0.3) is 0 Å². The minimum absolute atomic E-state index is 0.190. The van der Waals surface area contributed by atoms with Crippen LogP contribution in [0.3, 0.4) is 0 Å². The van der Waals surface area contributed by atoms with Gasteiger partial charge in [0.2, 0.25) is 11.8 Å². The zero-order valence-electron chi connectivity index (χ0n) is 15.6. The van der Waals surface area contributed by atoms with Crippen molar-refractivity contribution in [1.82, 2.24) is 10.2 Å². The molecule has 0 aliphatic rings. The molecule has 1 atom stereocenters. The van der Waals surface area contributed by atoms with Crippen LogP contribution in [0.15, 0.2) is 54.6 Å². The molecule has 28 heavy (non-hydrogen) atoms. The van der Waals surface area contributed by atoms with Crippen molar-refractivity contribution in [3.05, 3.63) is 65.7 Å². The molecule has 0 spiro atoms. The first-order valence-electron chi connectivity index (χ1n) is 8.56. The summed E-state index contributed by atoms with van der Waals surface area (Å²) in [5, 5.41) is 2.59. The van der Waals surface area contributed by atoms with E-state index in [-0.39, 0.29) is 30.5 Å². The van der Waals surface area contributed by atoms with Crippen molar-refractivity contribution in [2.24, 2.45) is 0 Å². The Labute approximate surface area is 164 Å². The van der Waals surface area contributed by atoms with E-state index in [2.05, 4.69) is 5.32 Å². The monoisotopic (exact) mass is 405 g/mol. The van der Waals surface area contributed by atoms with Crippen molar-refractivity contribution in [2.45, 2.75) is 25.9 Å². The number of carbonyl (C=O) groups is 2. The summed E-state index contributed by atoms with van der Waals surface area (Å²) in [6.07, 6.45) is 0.248. The van der Waals surface area contributed by atoms with E-state index >= 15 is 0 Å². The van der Waals surface area contributed by atoms with E-state index in [0.717, 1.165) is 11.1 Å². The summed E-state index contributed by atoms with van der Waals surface area (Å²) in [6.45, 7) is 1.70. The average Bonchev–Trinajstić information content (AvgIpc) is 2.64. The highest BCUT2D eigenvalue weighted by molar-refractivity contribution is 7.87. The molecule has 0 bridgehead atoms. The Morgan fingerprint density at radius 3 is 2.14 bits per heavy atom. The molecule has 0 unspecified atom stereocenters. The molecule has 9 heteroatoms. The van der Waals surface area contributed by atoms with Gasteiger partial charge in [-0.15, -0.1) is 0 Å². The van der Waals surface area contributed by atoms with Crippen molar-refractivity contribution in [2.75, 3.05) is 11.8 Å². The first-order chi connectivity index (χ1) is 13.2. The molecule has 0 aromatic heterocycles. The van der Waals surface area contributed by atoms with Crippen LogP contribution in [0.4, 0.5) is 5.69 Å². The average molecular weight is 405 g/mol. The summed E-state index contributed by atoms with van der Waals surface area (Å²) >= 11 is 0. The minimum Gasteiger partial charge on any atom is -0.357 e. The molecule has 0 saturated carbocycles. The molecule has 0 radical (unpaired) electrons. The summed E-state index contributed by atoms with van der Waals surface area (Å²) in [6, 6.07) is 14.8. The molecule has 0 aliphatic heterocycles. The number of hydrogen-bond acceptors (Lipinski definition) is 4. The van der Waals surface area contributed by atoms with E-state index in [0.29, 0.717) is 0 Å². The summed E-state index contributed by atoms with van der Waals surface area (Å²) in [5.74, 6) is -0.534. The van der Waals surface area contributed by atoms with Gasteiger partial charge >= 0.3 is 10.3 Å². The van der Waals surface area contributed by atoms with Gasteiger partial charge in [-0.25, -0.2) is 0 Å². The van der Waals surface area contributed by atoms with Crippen molar-refractivity contribution in [3.63, 3.8) is 0 Å². The summed E-state index contributed by atoms with van der Waals surface area (Å²) in [7, 11) is -2.85. The quantitative estimate of drug-likeness (QED) is 0.577. The third-order valence-electron chi connectivity index (χ3n) is 4.16. The molecular weight excluding hydrogens is 382 g/mol. The van der Waals surface area contributed by atoms with Gasteiger partial charge in [0.15, 0.2) is 0 Å². The zero-order chi connectivity index (χ0) is 20.7. The van der Waals surface area contributed by atoms with E-state index < -0.39 is 16.3 Å². The lowest BCUT2D eigenvalue weighted by atomic mass is 10.0. The maximum absolute atomic E-state index is 12.5. The van der Waals surface area contributed by atoms with Crippen LogP contribution in [-0.4, -0.2) is 42.8 Å². The first-order valence-corrected chi connectivity index (χ1v) is 10.0. The number of hydrogen-bond donors (Lipinski definition) is 3. The van der Waals surface area contributed by atoms with Gasteiger partial charge in [0.25, 0.3) is 0 Å². The van der Waals surface area contributed by atoms with Gasteiger partial charge in [-0.05, 0) is 23.3 Å². The predicted octanol–water partition coefficient (Wildman–Crippen LogP) is 1.61. The fourth-order valence-corrected chi connectivity index (χ4v) is 3.25. The maximum atomic E-state index is 12.5. The Kier molecular flexibility index (Phi) is 7.13. The zero-order valence-corrected chi connectivity index (χ0v) is 16.4. The fraction of sp³-hybridized carbons (Fsp3) is 0.263. The fourth-order valence-electron chi connectivity index (χ4n) is 2.81. The molecule has 0 saturated heterocycles. The molecule has 0 fully saturated rings. The minimum atomic E-state index is -4.36. The Hall–Kier alpha value is -2.91. The SMILES string of the molecule is CNC(=O)[C@H](Cc1ccc(NS(=O)(=O)O)cc1)N(Cc1ccccc1)C(C)=O. The second-order valence-corrected chi connectivity index (χ2v) is 7.39. The van der Waals surface area contributed by atoms with Gasteiger partial charge < -0.3 is 10.2 Å². The number of carbonyl (C=O) groups excluding carboxylic acids is 2. The summed E-state index contributed by atoms with van der Waals surface area (Å²) < 4.78 is 32.5. The van der Waals surface area contributed by atoms with Crippen LogP contribution in [0.5, 0.6) is 0 Å². The molecule has 2 aromatic carbocycles. The standard InChI is InChI=1S/C19H23N3O5S/c1-14(23)22(13-16-6-4-3-5-7-16)18(19(24)20-2)12-15-8-10-17(11-9-15)21-28(25,26)27/h3-11,18,21H,12-13H2,1-2H3,(H,20,24)(H,25,26,27)/t18-/m0/s1. The van der Waals surface area contributed by atoms with E-state index in [1.165, 1.54) is 31.0 Å². The highest BCUT2D eigenvalue weighted by atomic mass is 32.2. The van der Waals surface area contributed by atoms with E-state index in [1.807, 2.05) is 35.1 Å². The summed E-state index contributed by atoms with van der Waals surface area (Å²) in [5.41, 5.74) is 1.82. The van der Waals surface area contributed by atoms with Gasteiger partial charge in [-0.3, -0.25) is 18.9 Å². The lowest BCUT2D eigenvalue weighted by Crippen LogP contribution is -2.49. The topological polar surface area (TPSA) is 116 Å². The van der Waals surface area contributed by atoms with Crippen LogP contribution < -0.4 is 10.0 Å². The number of anilines is 1. The van der Waals surface area contributed by atoms with E-state index in [9.17, 15) is 18.0 Å². The number of nitrogens with zero attached hydrogens (tertiary/aromatic N) is 1. The Balaban J connectivity index is 2.24. The lowest BCUT2D eigenvalue weighted by Gasteiger charge is -2.30. The van der Waals surface area contributed by atoms with Crippen molar-refractivity contribution in [1.29, 1.82) is 0 Å². The third-order valence-corrected chi connectivity index (χ3v) is 4.65. The van der Waals surface area contributed by atoms with Crippen molar-refractivity contribution in [3.8, 4) is 0 Å². The highest BCUT2D eigenvalue weighted by Crippen LogP contribution is 2.17. The van der Waals surface area contributed by atoms with Gasteiger partial charge in [0.05, 0.1) is 5.69 Å². The molecule has 2 rings (SSSR count). The van der Waals surface area contributed by atoms with Crippen molar-refractivity contribution < 1.29 is 22.6 Å². The van der Waals surface area contributed by atoms with Crippen LogP contribution in [0.2, 0.25) is 0 Å². The smallest absolute Gasteiger partial charge is 0.357 e. The molecule has 3 N–H and O–H groups in total. The van der Waals surface area contributed by atoms with Crippen molar-refractivity contribution >= 4 is 27.8 Å². The van der Waals surface area contributed by atoms with Gasteiger partial charge in [-0.2, -0.15) is 8.42 Å². The molecular formula is C19H23N3O5S. The number of rotatable bonds is 8. The third kappa shape index (κ3) is 6.36. The Morgan fingerprint density at radius 2 is 1.64 bits per heavy atom. The molecule has 8 nitrogen and oxygen atoms in total. The normalized spacial score (nSPS) is 12.1. The summed E-state index contributed by atoms with van der Waals surface area (Å²) in [4.78, 5) is 26.2. The van der Waals surface area contributed by atoms with Crippen LogP contribution in [0.1, 0.15) is 18.1 Å². The number of nitrogens with one attached hydrogen (secondary N) is 2. The van der Waals surface area contributed by atoms with Gasteiger partial charge in [-0.1, -0.05) is 42.5 Å². The second-order valence-electron chi connectivity index (χ2n) is 6.24. The van der Waals surface area contributed by atoms with Crippen LogP contribution in [-0.2, 0) is 32.9 Å². The predicted molar refractivity (Wildman–Crippen MR) is 106 cm³/mol. The largest absolute Gasteiger partial charge is 0.357 e. The van der Waals surface area contributed by atoms with Gasteiger partial charge in [0, 0.05) is 26.9 Å². The van der Waals surface area contributed by atoms with Gasteiger partial charge in [0.1, 0.15) is 6.04 Å². The first kappa shape index (κ1) is 21.4. The number of amides is 2. The molecule has 0 aliphatic carbocycles. The van der Waals surface area contributed by atoms with Crippen LogP contribution in [0, 0.1) is 0 Å². The Morgan fingerprint density at radius 1 is 1.04 bits per heavy atom. The second kappa shape index (κ2) is 9.34. The lowest BCUT2D eigenvalue weighted by molar-refractivity contribution is -0.139. The molecule has 150 valence electrons. The van der Waals surface area contributed by atoms with E-state index in [1.54, 1.807) is 12.1 Å². The maximum Gasteiger partial charge on any atom is 0.357 e. The van der Waals surface area contributed by atoms with Crippen LogP contribution >= 0.6 is 0 Å². The highest BCUT2D eigenvalue weighted by Gasteiger charge is 2.27. The molecule has 2 amide bonds. The number of likely N-dealkylation sites (N-methyl/N-ethyl adjacent to an activating group) is 1. The molecule has 0 heterocycles. The van der Waals surface area contributed by atoms with E-state index in [4.69, 9.17) is 4.55 Å². The molecule has 2 aromatic rings. The number of benzene rings is 2. The Bertz CT molecular complexity index is 914.